The first-order valence-electron chi connectivity index (χ1n) is 10.4. The Kier molecular flexibility index (Phi) is 6.59. The van der Waals surface area contributed by atoms with Crippen molar-refractivity contribution in [2.75, 3.05) is 25.7 Å². The van der Waals surface area contributed by atoms with Gasteiger partial charge in [-0.25, -0.2) is 0 Å². The Labute approximate surface area is 192 Å². The number of ether oxygens (including phenoxy) is 3. The molecular formula is C26H24N2O5. The number of para-hydroxylation sites is 2. The number of anilines is 1. The summed E-state index contributed by atoms with van der Waals surface area (Å²) in [5.41, 5.74) is 2.22. The number of nitrogens with zero attached hydrogens (tertiary/aromatic N) is 1. The first-order chi connectivity index (χ1) is 16.1. The third-order valence-electron chi connectivity index (χ3n) is 5.17. The highest BCUT2D eigenvalue weighted by Gasteiger charge is 2.31. The van der Waals surface area contributed by atoms with Crippen molar-refractivity contribution in [3.8, 4) is 17.2 Å². The van der Waals surface area contributed by atoms with Crippen molar-refractivity contribution in [3.63, 3.8) is 0 Å². The second-order valence-electron chi connectivity index (χ2n) is 7.37. The van der Waals surface area contributed by atoms with Gasteiger partial charge in [-0.1, -0.05) is 36.4 Å². The second kappa shape index (κ2) is 9.91. The van der Waals surface area contributed by atoms with Crippen molar-refractivity contribution >= 4 is 23.6 Å². The summed E-state index contributed by atoms with van der Waals surface area (Å²) in [5.74, 6) is 1.38. The number of carbonyl (C=O) groups excluding carboxylic acids is 2. The van der Waals surface area contributed by atoms with Gasteiger partial charge in [-0.05, 0) is 53.6 Å². The molecule has 4 rings (SSSR count). The molecule has 0 saturated carbocycles. The Morgan fingerprint density at radius 1 is 0.970 bits per heavy atom. The Bertz CT molecular complexity index is 1190. The van der Waals surface area contributed by atoms with Gasteiger partial charge in [0.25, 0.3) is 5.91 Å². The zero-order chi connectivity index (χ0) is 23.2. The van der Waals surface area contributed by atoms with Gasteiger partial charge in [0, 0.05) is 6.54 Å². The Hall–Kier alpha value is -4.26. The molecule has 0 radical (unpaired) electrons. The molecule has 0 saturated heterocycles. The van der Waals surface area contributed by atoms with Gasteiger partial charge in [0.15, 0.2) is 11.5 Å². The summed E-state index contributed by atoms with van der Waals surface area (Å²) < 4.78 is 16.3. The first-order valence-corrected chi connectivity index (χ1v) is 10.4. The highest BCUT2D eigenvalue weighted by Crippen LogP contribution is 2.35. The molecule has 0 bridgehead atoms. The number of carbonyl (C=O) groups is 2. The number of nitrogens with one attached hydrogen (secondary N) is 1. The molecule has 3 aromatic carbocycles. The van der Waals surface area contributed by atoms with E-state index in [4.69, 9.17) is 14.2 Å². The quantitative estimate of drug-likeness (QED) is 0.561. The molecule has 7 nitrogen and oxygen atoms in total. The van der Waals surface area contributed by atoms with Crippen LogP contribution in [0.4, 0.5) is 5.69 Å². The molecular weight excluding hydrogens is 420 g/mol. The van der Waals surface area contributed by atoms with Gasteiger partial charge in [0.2, 0.25) is 5.91 Å². The summed E-state index contributed by atoms with van der Waals surface area (Å²) in [6.45, 7) is 0.209. The van der Waals surface area contributed by atoms with Crippen LogP contribution < -0.4 is 24.4 Å². The Balaban J connectivity index is 1.52. The summed E-state index contributed by atoms with van der Waals surface area (Å²) >= 11 is 0. The fourth-order valence-corrected chi connectivity index (χ4v) is 3.45. The van der Waals surface area contributed by atoms with E-state index in [1.54, 1.807) is 44.6 Å². The molecule has 0 atom stereocenters. The minimum Gasteiger partial charge on any atom is -0.497 e. The number of hydrogen-bond donors (Lipinski definition) is 1. The molecule has 1 aliphatic rings. The SMILES string of the molecule is COc1ccc(CNC(=O)CN2C(=O)/C(=C\c3cccc(OC)c3)Oc3ccccc32)cc1. The van der Waals surface area contributed by atoms with Gasteiger partial charge in [-0.15, -0.1) is 0 Å². The van der Waals surface area contributed by atoms with E-state index in [2.05, 4.69) is 5.32 Å². The number of benzene rings is 3. The molecule has 7 heteroatoms. The maximum atomic E-state index is 13.2. The molecule has 0 spiro atoms. The van der Waals surface area contributed by atoms with Crippen LogP contribution in [0, 0.1) is 0 Å². The minimum absolute atomic E-state index is 0.130. The van der Waals surface area contributed by atoms with Gasteiger partial charge in [0.1, 0.15) is 18.0 Å². The van der Waals surface area contributed by atoms with E-state index in [0.29, 0.717) is 23.7 Å². The molecule has 0 fully saturated rings. The van der Waals surface area contributed by atoms with Gasteiger partial charge in [0.05, 0.1) is 19.9 Å². The highest BCUT2D eigenvalue weighted by molar-refractivity contribution is 6.12. The van der Waals surface area contributed by atoms with Gasteiger partial charge in [-0.2, -0.15) is 0 Å². The van der Waals surface area contributed by atoms with Gasteiger partial charge < -0.3 is 19.5 Å². The average molecular weight is 444 g/mol. The zero-order valence-corrected chi connectivity index (χ0v) is 18.4. The molecule has 1 heterocycles. The van der Waals surface area contributed by atoms with Crippen molar-refractivity contribution in [2.24, 2.45) is 0 Å². The number of amides is 2. The normalized spacial score (nSPS) is 13.8. The third-order valence-corrected chi connectivity index (χ3v) is 5.17. The molecule has 1 aliphatic heterocycles. The maximum Gasteiger partial charge on any atom is 0.294 e. The molecule has 2 amide bonds. The average Bonchev–Trinajstić information content (AvgIpc) is 2.85. The first kappa shape index (κ1) is 22.0. The maximum absolute atomic E-state index is 13.2. The van der Waals surface area contributed by atoms with E-state index in [1.165, 1.54) is 4.90 Å². The predicted octanol–water partition coefficient (Wildman–Crippen LogP) is 3.79. The lowest BCUT2D eigenvalue weighted by atomic mass is 10.1. The van der Waals surface area contributed by atoms with Crippen LogP contribution >= 0.6 is 0 Å². The topological polar surface area (TPSA) is 77.1 Å². The monoisotopic (exact) mass is 444 g/mol. The lowest BCUT2D eigenvalue weighted by Gasteiger charge is -2.30. The van der Waals surface area contributed by atoms with Crippen molar-refractivity contribution in [1.82, 2.24) is 5.32 Å². The molecule has 168 valence electrons. The van der Waals surface area contributed by atoms with Crippen molar-refractivity contribution in [2.45, 2.75) is 6.54 Å². The number of rotatable bonds is 7. The summed E-state index contributed by atoms with van der Waals surface area (Å²) in [4.78, 5) is 27.4. The van der Waals surface area contributed by atoms with Crippen LogP contribution in [0.2, 0.25) is 0 Å². The summed E-state index contributed by atoms with van der Waals surface area (Å²) in [5, 5.41) is 2.86. The summed E-state index contributed by atoms with van der Waals surface area (Å²) in [6, 6.07) is 21.9. The van der Waals surface area contributed by atoms with Crippen LogP contribution in [0.3, 0.4) is 0 Å². The van der Waals surface area contributed by atoms with E-state index >= 15 is 0 Å². The molecule has 0 aromatic heterocycles. The van der Waals surface area contributed by atoms with Crippen LogP contribution in [-0.2, 0) is 16.1 Å². The zero-order valence-electron chi connectivity index (χ0n) is 18.4. The lowest BCUT2D eigenvalue weighted by molar-refractivity contribution is -0.123. The van der Waals surface area contributed by atoms with E-state index in [9.17, 15) is 9.59 Å². The summed E-state index contributed by atoms with van der Waals surface area (Å²) in [6.07, 6.45) is 1.64. The molecule has 33 heavy (non-hydrogen) atoms. The molecule has 1 N–H and O–H groups in total. The highest BCUT2D eigenvalue weighted by atomic mass is 16.5. The fraction of sp³-hybridized carbons (Fsp3) is 0.154. The standard InChI is InChI=1S/C26H24N2O5/c1-31-20-12-10-18(11-13-20)16-27-25(29)17-28-22-8-3-4-9-23(22)33-24(26(28)30)15-19-6-5-7-21(14-19)32-2/h3-15H,16-17H2,1-2H3,(H,27,29)/b24-15+. The largest absolute Gasteiger partial charge is 0.497 e. The Morgan fingerprint density at radius 3 is 2.48 bits per heavy atom. The molecule has 0 unspecified atom stereocenters. The lowest BCUT2D eigenvalue weighted by Crippen LogP contribution is -2.44. The van der Waals surface area contributed by atoms with E-state index in [0.717, 1.165) is 16.9 Å². The Morgan fingerprint density at radius 2 is 1.73 bits per heavy atom. The van der Waals surface area contributed by atoms with Crippen LogP contribution in [0.25, 0.3) is 6.08 Å². The van der Waals surface area contributed by atoms with Crippen molar-refractivity contribution in [1.29, 1.82) is 0 Å². The van der Waals surface area contributed by atoms with Crippen molar-refractivity contribution in [3.05, 3.63) is 89.7 Å². The van der Waals surface area contributed by atoms with E-state index in [-0.39, 0.29) is 18.2 Å². The van der Waals surface area contributed by atoms with Crippen LogP contribution in [-0.4, -0.2) is 32.6 Å². The van der Waals surface area contributed by atoms with Crippen LogP contribution in [0.15, 0.2) is 78.6 Å². The minimum atomic E-state index is -0.392. The van der Waals surface area contributed by atoms with Crippen LogP contribution in [0.5, 0.6) is 17.2 Å². The molecule has 0 aliphatic carbocycles. The predicted molar refractivity (Wildman–Crippen MR) is 125 cm³/mol. The summed E-state index contributed by atoms with van der Waals surface area (Å²) in [7, 11) is 3.18. The molecule has 3 aromatic rings. The van der Waals surface area contributed by atoms with Gasteiger partial charge in [-0.3, -0.25) is 14.5 Å². The van der Waals surface area contributed by atoms with Gasteiger partial charge >= 0.3 is 0 Å². The smallest absolute Gasteiger partial charge is 0.294 e. The number of hydrogen-bond acceptors (Lipinski definition) is 5. The number of fused-ring (bicyclic) bond motifs is 1. The van der Waals surface area contributed by atoms with Crippen molar-refractivity contribution < 1.29 is 23.8 Å². The third kappa shape index (κ3) is 5.15. The van der Waals surface area contributed by atoms with Crippen LogP contribution in [0.1, 0.15) is 11.1 Å². The van der Waals surface area contributed by atoms with E-state index in [1.807, 2.05) is 48.5 Å². The van der Waals surface area contributed by atoms with E-state index < -0.39 is 5.91 Å². The number of methoxy groups -OCH3 is 2. The fourth-order valence-electron chi connectivity index (χ4n) is 3.45. The second-order valence-corrected chi connectivity index (χ2v) is 7.37.